The first-order valence-corrected chi connectivity index (χ1v) is 7.40. The molecule has 1 aromatic rings. The number of benzene rings is 1. The fourth-order valence-corrected chi connectivity index (χ4v) is 3.19. The standard InChI is InChI=1S/C16H23F3N2/c1-10-6-12(3)21(9-10)14-5-4-13(7-11(2)20)15(8-14)16(17,18)19/h4-5,8,10-12H,6-7,9,20H2,1-3H3. The number of hydrogen-bond donors (Lipinski definition) is 1. The lowest BCUT2D eigenvalue weighted by atomic mass is 9.99. The Hall–Kier alpha value is -1.23. The van der Waals surface area contributed by atoms with Gasteiger partial charge in [0.2, 0.25) is 0 Å². The second-order valence-electron chi connectivity index (χ2n) is 6.36. The van der Waals surface area contributed by atoms with E-state index in [1.165, 1.54) is 6.07 Å². The van der Waals surface area contributed by atoms with Gasteiger partial charge in [-0.2, -0.15) is 13.2 Å². The van der Waals surface area contributed by atoms with Crippen molar-refractivity contribution >= 4 is 5.69 Å². The van der Waals surface area contributed by atoms with Gasteiger partial charge in [0.1, 0.15) is 0 Å². The molecule has 0 amide bonds. The molecular weight excluding hydrogens is 277 g/mol. The second kappa shape index (κ2) is 5.87. The van der Waals surface area contributed by atoms with Crippen molar-refractivity contribution < 1.29 is 13.2 Å². The van der Waals surface area contributed by atoms with Crippen LogP contribution in [-0.2, 0) is 12.6 Å². The maximum Gasteiger partial charge on any atom is 0.416 e. The molecule has 2 N–H and O–H groups in total. The van der Waals surface area contributed by atoms with Crippen LogP contribution in [0.25, 0.3) is 0 Å². The Bertz CT molecular complexity index is 497. The summed E-state index contributed by atoms with van der Waals surface area (Å²) in [6, 6.07) is 4.65. The zero-order chi connectivity index (χ0) is 15.8. The Morgan fingerprint density at radius 1 is 1.33 bits per heavy atom. The minimum absolute atomic E-state index is 0.237. The van der Waals surface area contributed by atoms with Gasteiger partial charge >= 0.3 is 6.18 Å². The summed E-state index contributed by atoms with van der Waals surface area (Å²) in [4.78, 5) is 2.07. The van der Waals surface area contributed by atoms with Crippen LogP contribution in [-0.4, -0.2) is 18.6 Å². The molecule has 1 saturated heterocycles. The fraction of sp³-hybridized carbons (Fsp3) is 0.625. The van der Waals surface area contributed by atoms with Gasteiger partial charge in [-0.25, -0.2) is 0 Å². The molecule has 5 heteroatoms. The van der Waals surface area contributed by atoms with E-state index in [0.29, 0.717) is 11.6 Å². The van der Waals surface area contributed by atoms with Crippen molar-refractivity contribution in [3.05, 3.63) is 29.3 Å². The van der Waals surface area contributed by atoms with Crippen molar-refractivity contribution in [3.8, 4) is 0 Å². The largest absolute Gasteiger partial charge is 0.416 e. The molecule has 21 heavy (non-hydrogen) atoms. The van der Waals surface area contributed by atoms with Crippen LogP contribution in [0.3, 0.4) is 0 Å². The van der Waals surface area contributed by atoms with Crippen molar-refractivity contribution in [1.29, 1.82) is 0 Å². The predicted octanol–water partition coefficient (Wildman–Crippen LogP) is 3.83. The first kappa shape index (κ1) is 16.1. The lowest BCUT2D eigenvalue weighted by Crippen LogP contribution is -2.27. The van der Waals surface area contributed by atoms with Crippen LogP contribution in [0.4, 0.5) is 18.9 Å². The molecule has 2 rings (SSSR count). The van der Waals surface area contributed by atoms with E-state index in [0.717, 1.165) is 13.0 Å². The molecule has 0 bridgehead atoms. The normalized spacial score (nSPS) is 24.4. The quantitative estimate of drug-likeness (QED) is 0.919. The van der Waals surface area contributed by atoms with E-state index in [2.05, 4.69) is 18.7 Å². The van der Waals surface area contributed by atoms with Crippen molar-refractivity contribution in [2.45, 2.75) is 51.9 Å². The molecule has 0 aromatic heterocycles. The van der Waals surface area contributed by atoms with Crippen molar-refractivity contribution in [3.63, 3.8) is 0 Å². The molecule has 1 aliphatic heterocycles. The van der Waals surface area contributed by atoms with Crippen molar-refractivity contribution in [2.24, 2.45) is 11.7 Å². The van der Waals surface area contributed by atoms with E-state index in [4.69, 9.17) is 5.73 Å². The van der Waals surface area contributed by atoms with E-state index < -0.39 is 11.7 Å². The third kappa shape index (κ3) is 3.70. The molecule has 0 aliphatic carbocycles. The van der Waals surface area contributed by atoms with Crippen LogP contribution in [0.1, 0.15) is 38.3 Å². The van der Waals surface area contributed by atoms with Gasteiger partial charge < -0.3 is 10.6 Å². The minimum atomic E-state index is -4.34. The number of anilines is 1. The number of nitrogens with zero attached hydrogens (tertiary/aromatic N) is 1. The molecule has 1 fully saturated rings. The highest BCUT2D eigenvalue weighted by atomic mass is 19.4. The number of nitrogens with two attached hydrogens (primary N) is 1. The van der Waals surface area contributed by atoms with Crippen LogP contribution in [0.2, 0.25) is 0 Å². The van der Waals surface area contributed by atoms with Crippen LogP contribution >= 0.6 is 0 Å². The number of hydrogen-bond acceptors (Lipinski definition) is 2. The Balaban J connectivity index is 2.37. The summed E-state index contributed by atoms with van der Waals surface area (Å²) in [5.74, 6) is 0.512. The molecular formula is C16H23F3N2. The van der Waals surface area contributed by atoms with Crippen LogP contribution in [0.15, 0.2) is 18.2 Å². The highest BCUT2D eigenvalue weighted by molar-refractivity contribution is 5.53. The zero-order valence-corrected chi connectivity index (χ0v) is 12.7. The number of rotatable bonds is 3. The summed E-state index contributed by atoms with van der Waals surface area (Å²) in [6.45, 7) is 6.72. The number of alkyl halides is 3. The lowest BCUT2D eigenvalue weighted by Gasteiger charge is -2.26. The summed E-state index contributed by atoms with van der Waals surface area (Å²) in [5, 5.41) is 0. The average molecular weight is 300 g/mol. The maximum absolute atomic E-state index is 13.3. The van der Waals surface area contributed by atoms with E-state index >= 15 is 0 Å². The van der Waals surface area contributed by atoms with Gasteiger partial charge in [0.15, 0.2) is 0 Å². The Labute approximate surface area is 124 Å². The zero-order valence-electron chi connectivity index (χ0n) is 12.7. The lowest BCUT2D eigenvalue weighted by molar-refractivity contribution is -0.138. The summed E-state index contributed by atoms with van der Waals surface area (Å²) in [5.41, 5.74) is 6.05. The van der Waals surface area contributed by atoms with Crippen LogP contribution in [0.5, 0.6) is 0 Å². The topological polar surface area (TPSA) is 29.3 Å². The molecule has 1 aliphatic rings. The Kier molecular flexibility index (Phi) is 4.51. The van der Waals surface area contributed by atoms with E-state index in [1.807, 2.05) is 0 Å². The van der Waals surface area contributed by atoms with Crippen molar-refractivity contribution in [1.82, 2.24) is 0 Å². The minimum Gasteiger partial charge on any atom is -0.369 e. The van der Waals surface area contributed by atoms with Gasteiger partial charge in [0.25, 0.3) is 0 Å². The van der Waals surface area contributed by atoms with Gasteiger partial charge in [0.05, 0.1) is 5.56 Å². The molecule has 2 nitrogen and oxygen atoms in total. The highest BCUT2D eigenvalue weighted by Gasteiger charge is 2.35. The summed E-state index contributed by atoms with van der Waals surface area (Å²) in [7, 11) is 0. The smallest absolute Gasteiger partial charge is 0.369 e. The summed E-state index contributed by atoms with van der Waals surface area (Å²) < 4.78 is 39.8. The van der Waals surface area contributed by atoms with E-state index in [-0.39, 0.29) is 24.1 Å². The van der Waals surface area contributed by atoms with Gasteiger partial charge in [0, 0.05) is 24.3 Å². The third-order valence-corrected chi connectivity index (χ3v) is 4.06. The Morgan fingerprint density at radius 2 is 2.00 bits per heavy atom. The SMILES string of the molecule is CC(N)Cc1ccc(N2CC(C)CC2C)cc1C(F)(F)F. The average Bonchev–Trinajstić information content (AvgIpc) is 2.67. The molecule has 0 spiro atoms. The first-order chi connectivity index (χ1) is 9.68. The van der Waals surface area contributed by atoms with E-state index in [9.17, 15) is 13.2 Å². The molecule has 0 radical (unpaired) electrons. The van der Waals surface area contributed by atoms with Crippen LogP contribution < -0.4 is 10.6 Å². The van der Waals surface area contributed by atoms with E-state index in [1.54, 1.807) is 19.1 Å². The molecule has 1 heterocycles. The summed E-state index contributed by atoms with van der Waals surface area (Å²) >= 11 is 0. The highest BCUT2D eigenvalue weighted by Crippen LogP contribution is 2.37. The van der Waals surface area contributed by atoms with Gasteiger partial charge in [-0.3, -0.25) is 0 Å². The molecule has 3 atom stereocenters. The van der Waals surface area contributed by atoms with Gasteiger partial charge in [-0.05, 0) is 50.3 Å². The molecule has 118 valence electrons. The second-order valence-corrected chi connectivity index (χ2v) is 6.36. The van der Waals surface area contributed by atoms with Crippen molar-refractivity contribution in [2.75, 3.05) is 11.4 Å². The third-order valence-electron chi connectivity index (χ3n) is 4.06. The summed E-state index contributed by atoms with van der Waals surface area (Å²) in [6.07, 6.45) is -3.08. The monoisotopic (exact) mass is 300 g/mol. The maximum atomic E-state index is 13.3. The fourth-order valence-electron chi connectivity index (χ4n) is 3.19. The number of halogens is 3. The predicted molar refractivity (Wildman–Crippen MR) is 79.4 cm³/mol. The van der Waals surface area contributed by atoms with Gasteiger partial charge in [-0.15, -0.1) is 0 Å². The van der Waals surface area contributed by atoms with Crippen LogP contribution in [0, 0.1) is 5.92 Å². The molecule has 1 aromatic carbocycles. The molecule has 3 unspecified atom stereocenters. The Morgan fingerprint density at radius 3 is 2.48 bits per heavy atom. The van der Waals surface area contributed by atoms with Gasteiger partial charge in [-0.1, -0.05) is 13.0 Å². The molecule has 0 saturated carbocycles. The first-order valence-electron chi connectivity index (χ1n) is 7.40.